The van der Waals surface area contributed by atoms with E-state index in [4.69, 9.17) is 5.11 Å². The minimum atomic E-state index is -2.52. The van der Waals surface area contributed by atoms with Crippen molar-refractivity contribution in [3.05, 3.63) is 16.1 Å². The summed E-state index contributed by atoms with van der Waals surface area (Å²) in [6, 6.07) is -0.453. The number of rotatable bonds is 9. The maximum atomic E-state index is 11.7. The van der Waals surface area contributed by atoms with Gasteiger partial charge >= 0.3 is 12.0 Å². The third-order valence-electron chi connectivity index (χ3n) is 2.17. The Kier molecular flexibility index (Phi) is 7.54. The highest BCUT2D eigenvalue weighted by Crippen LogP contribution is 2.09. The van der Waals surface area contributed by atoms with E-state index in [1.165, 1.54) is 16.7 Å². The van der Waals surface area contributed by atoms with Crippen molar-refractivity contribution >= 4 is 23.3 Å². The molecule has 0 aliphatic rings. The summed E-state index contributed by atoms with van der Waals surface area (Å²) in [5, 5.41) is 15.7. The summed E-state index contributed by atoms with van der Waals surface area (Å²) in [4.78, 5) is 25.8. The molecule has 1 heterocycles. The molecule has 0 unspecified atom stereocenters. The Bertz CT molecular complexity index is 470. The summed E-state index contributed by atoms with van der Waals surface area (Å²) in [5.41, 5.74) is -0.0179. The second-order valence-electron chi connectivity index (χ2n) is 3.83. The summed E-state index contributed by atoms with van der Waals surface area (Å²) in [6.45, 7) is -0.235. The lowest BCUT2D eigenvalue weighted by molar-refractivity contribution is 0.0193. The number of aromatic carboxylic acids is 1. The molecule has 118 valence electrons. The molecular weight excluding hydrogens is 308 g/mol. The van der Waals surface area contributed by atoms with Crippen molar-refractivity contribution in [2.75, 3.05) is 26.3 Å². The van der Waals surface area contributed by atoms with Crippen molar-refractivity contribution in [2.45, 2.75) is 12.8 Å². The first-order chi connectivity index (χ1) is 9.99. The summed E-state index contributed by atoms with van der Waals surface area (Å²) in [7, 11) is 0. The number of hydrogen-bond acceptors (Lipinski definition) is 5. The van der Waals surface area contributed by atoms with Crippen molar-refractivity contribution in [1.82, 2.24) is 15.6 Å². The van der Waals surface area contributed by atoms with E-state index in [-0.39, 0.29) is 25.4 Å². The Morgan fingerprint density at radius 3 is 2.71 bits per heavy atom. The van der Waals surface area contributed by atoms with Crippen LogP contribution in [0.5, 0.6) is 0 Å². The lowest BCUT2D eigenvalue weighted by Gasteiger charge is -2.07. The SMILES string of the molecule is O=C(NCCOCC(F)F)NCCc1nc(C(=O)O)cs1. The van der Waals surface area contributed by atoms with Gasteiger partial charge < -0.3 is 20.5 Å². The van der Waals surface area contributed by atoms with Gasteiger partial charge in [-0.05, 0) is 0 Å². The van der Waals surface area contributed by atoms with Crippen LogP contribution < -0.4 is 10.6 Å². The fraction of sp³-hybridized carbons (Fsp3) is 0.545. The number of nitrogens with one attached hydrogen (secondary N) is 2. The quantitative estimate of drug-likeness (QED) is 0.588. The van der Waals surface area contributed by atoms with Crippen LogP contribution in [0.15, 0.2) is 5.38 Å². The summed E-state index contributed by atoms with van der Waals surface area (Å²) >= 11 is 1.20. The molecule has 0 spiro atoms. The highest BCUT2D eigenvalue weighted by molar-refractivity contribution is 7.09. The van der Waals surface area contributed by atoms with E-state index in [0.29, 0.717) is 11.4 Å². The van der Waals surface area contributed by atoms with E-state index in [0.717, 1.165) is 0 Å². The number of aromatic nitrogens is 1. The van der Waals surface area contributed by atoms with Gasteiger partial charge in [-0.2, -0.15) is 0 Å². The van der Waals surface area contributed by atoms with Gasteiger partial charge in [-0.3, -0.25) is 0 Å². The molecule has 0 fully saturated rings. The molecule has 0 aromatic carbocycles. The molecule has 0 aliphatic carbocycles. The predicted octanol–water partition coefficient (Wildman–Crippen LogP) is 0.965. The monoisotopic (exact) mass is 323 g/mol. The summed E-state index contributed by atoms with van der Waals surface area (Å²) < 4.78 is 28.1. The Hall–Kier alpha value is -1.81. The van der Waals surface area contributed by atoms with E-state index < -0.39 is 25.0 Å². The molecule has 2 amide bonds. The Morgan fingerprint density at radius 1 is 1.38 bits per heavy atom. The standard InChI is InChI=1S/C11H15F2N3O4S/c12-8(13)5-20-4-3-15-11(19)14-2-1-9-16-7(6-21-9)10(17)18/h6,8H,1-5H2,(H,17,18)(H2,14,15,19). The molecule has 10 heteroatoms. The van der Waals surface area contributed by atoms with Crippen LogP contribution in [-0.4, -0.2) is 54.8 Å². The van der Waals surface area contributed by atoms with Crippen molar-refractivity contribution < 1.29 is 28.2 Å². The topological polar surface area (TPSA) is 101 Å². The van der Waals surface area contributed by atoms with E-state index in [1.54, 1.807) is 0 Å². The molecule has 21 heavy (non-hydrogen) atoms. The van der Waals surface area contributed by atoms with Gasteiger partial charge in [0.2, 0.25) is 0 Å². The minimum absolute atomic E-state index is 0.00616. The van der Waals surface area contributed by atoms with Gasteiger partial charge in [0.15, 0.2) is 5.69 Å². The Balaban J connectivity index is 2.08. The van der Waals surface area contributed by atoms with Crippen LogP contribution in [0, 0.1) is 0 Å². The number of carboxylic acid groups (broad SMARTS) is 1. The Labute approximate surface area is 123 Å². The average Bonchev–Trinajstić information content (AvgIpc) is 2.87. The van der Waals surface area contributed by atoms with E-state index in [9.17, 15) is 18.4 Å². The van der Waals surface area contributed by atoms with Crippen molar-refractivity contribution in [3.63, 3.8) is 0 Å². The van der Waals surface area contributed by atoms with Crippen LogP contribution in [0.3, 0.4) is 0 Å². The number of urea groups is 1. The highest BCUT2D eigenvalue weighted by atomic mass is 32.1. The third kappa shape index (κ3) is 7.51. The number of amides is 2. The van der Waals surface area contributed by atoms with Gasteiger partial charge in [0.25, 0.3) is 6.43 Å². The van der Waals surface area contributed by atoms with E-state index in [1.807, 2.05) is 0 Å². The normalized spacial score (nSPS) is 10.6. The van der Waals surface area contributed by atoms with Crippen molar-refractivity contribution in [2.24, 2.45) is 0 Å². The maximum Gasteiger partial charge on any atom is 0.355 e. The molecular formula is C11H15F2N3O4S. The molecule has 0 bridgehead atoms. The summed E-state index contributed by atoms with van der Waals surface area (Å²) in [6.07, 6.45) is -2.11. The van der Waals surface area contributed by atoms with Gasteiger partial charge in [0, 0.05) is 24.9 Å². The first kappa shape index (κ1) is 17.2. The number of thiazole rings is 1. The molecule has 3 N–H and O–H groups in total. The van der Waals surface area contributed by atoms with E-state index in [2.05, 4.69) is 20.4 Å². The maximum absolute atomic E-state index is 11.7. The zero-order valence-corrected chi connectivity index (χ0v) is 11.8. The van der Waals surface area contributed by atoms with Gasteiger partial charge in [-0.15, -0.1) is 11.3 Å². The van der Waals surface area contributed by atoms with Crippen LogP contribution in [0.25, 0.3) is 0 Å². The highest BCUT2D eigenvalue weighted by Gasteiger charge is 2.08. The second-order valence-corrected chi connectivity index (χ2v) is 4.77. The molecule has 0 radical (unpaired) electrons. The first-order valence-corrected chi connectivity index (χ1v) is 6.92. The van der Waals surface area contributed by atoms with Gasteiger partial charge in [0.1, 0.15) is 6.61 Å². The van der Waals surface area contributed by atoms with Crippen molar-refractivity contribution in [1.29, 1.82) is 0 Å². The molecule has 0 saturated heterocycles. The average molecular weight is 323 g/mol. The first-order valence-electron chi connectivity index (χ1n) is 6.04. The lowest BCUT2D eigenvalue weighted by Crippen LogP contribution is -2.38. The fourth-order valence-electron chi connectivity index (χ4n) is 1.28. The lowest BCUT2D eigenvalue weighted by atomic mass is 10.4. The summed E-state index contributed by atoms with van der Waals surface area (Å²) in [5.74, 6) is -1.09. The smallest absolute Gasteiger partial charge is 0.355 e. The molecule has 1 aromatic rings. The molecule has 1 rings (SSSR count). The number of halogens is 2. The zero-order chi connectivity index (χ0) is 15.7. The molecule has 1 aromatic heterocycles. The number of alkyl halides is 2. The minimum Gasteiger partial charge on any atom is -0.476 e. The third-order valence-corrected chi connectivity index (χ3v) is 3.08. The number of carbonyl (C=O) groups excluding carboxylic acids is 1. The number of carbonyl (C=O) groups is 2. The van der Waals surface area contributed by atoms with Crippen LogP contribution >= 0.6 is 11.3 Å². The second kappa shape index (κ2) is 9.19. The number of nitrogens with zero attached hydrogens (tertiary/aromatic N) is 1. The fourth-order valence-corrected chi connectivity index (χ4v) is 2.05. The molecule has 0 aliphatic heterocycles. The molecule has 0 atom stereocenters. The van der Waals surface area contributed by atoms with Gasteiger partial charge in [-0.25, -0.2) is 23.4 Å². The largest absolute Gasteiger partial charge is 0.476 e. The van der Waals surface area contributed by atoms with Crippen molar-refractivity contribution in [3.8, 4) is 0 Å². The van der Waals surface area contributed by atoms with Crippen LogP contribution in [0.4, 0.5) is 13.6 Å². The number of carboxylic acids is 1. The molecule has 0 saturated carbocycles. The Morgan fingerprint density at radius 2 is 2.10 bits per heavy atom. The molecule has 7 nitrogen and oxygen atoms in total. The van der Waals surface area contributed by atoms with E-state index >= 15 is 0 Å². The zero-order valence-electron chi connectivity index (χ0n) is 11.0. The van der Waals surface area contributed by atoms with Gasteiger partial charge in [0.05, 0.1) is 11.6 Å². The van der Waals surface area contributed by atoms with Crippen LogP contribution in [-0.2, 0) is 11.2 Å². The predicted molar refractivity (Wildman–Crippen MR) is 71.0 cm³/mol. The van der Waals surface area contributed by atoms with Crippen LogP contribution in [0.1, 0.15) is 15.5 Å². The number of hydrogen-bond donors (Lipinski definition) is 3. The van der Waals surface area contributed by atoms with Gasteiger partial charge in [-0.1, -0.05) is 0 Å². The number of ether oxygens (including phenoxy) is 1. The van der Waals surface area contributed by atoms with Crippen LogP contribution in [0.2, 0.25) is 0 Å².